The number of carbonyl (C=O) groups is 1. The summed E-state index contributed by atoms with van der Waals surface area (Å²) in [5.74, 6) is 0.944. The van der Waals surface area contributed by atoms with Gasteiger partial charge >= 0.3 is 0 Å². The lowest BCUT2D eigenvalue weighted by atomic mass is 10.2. The van der Waals surface area contributed by atoms with E-state index in [9.17, 15) is 4.79 Å². The van der Waals surface area contributed by atoms with Crippen LogP contribution in [0.5, 0.6) is 11.6 Å². The van der Waals surface area contributed by atoms with Crippen molar-refractivity contribution in [3.8, 4) is 11.6 Å². The topological polar surface area (TPSA) is 54.5 Å². The normalized spacial score (nSPS) is 16.4. The van der Waals surface area contributed by atoms with Gasteiger partial charge in [0.1, 0.15) is 11.3 Å². The summed E-state index contributed by atoms with van der Waals surface area (Å²) >= 11 is 3.39. The molecule has 136 valence electrons. The fraction of sp³-hybridized carbons (Fsp3) is 0.294. The molecule has 2 aromatic rings. The third kappa shape index (κ3) is 5.57. The third-order valence-electron chi connectivity index (χ3n) is 3.69. The van der Waals surface area contributed by atoms with Crippen LogP contribution in [0.2, 0.25) is 0 Å². The highest BCUT2D eigenvalue weighted by molar-refractivity contribution is 9.10. The Labute approximate surface area is 168 Å². The number of benzene rings is 1. The zero-order valence-corrected chi connectivity index (χ0v) is 16.9. The number of halogens is 3. The smallest absolute Gasteiger partial charge is 0.259 e. The van der Waals surface area contributed by atoms with Crippen molar-refractivity contribution in [3.05, 3.63) is 52.6 Å². The number of nitrogens with zero attached hydrogens (tertiary/aromatic N) is 2. The van der Waals surface area contributed by atoms with Crippen LogP contribution in [0.15, 0.2) is 47.1 Å². The van der Waals surface area contributed by atoms with E-state index in [0.29, 0.717) is 36.3 Å². The number of aromatic nitrogens is 1. The molecule has 0 bridgehead atoms. The van der Waals surface area contributed by atoms with E-state index in [1.807, 2.05) is 29.2 Å². The quantitative estimate of drug-likeness (QED) is 0.773. The second-order valence-corrected chi connectivity index (χ2v) is 6.43. The summed E-state index contributed by atoms with van der Waals surface area (Å²) in [5, 5.41) is 3.33. The van der Waals surface area contributed by atoms with Crippen LogP contribution in [0.1, 0.15) is 17.3 Å². The van der Waals surface area contributed by atoms with Gasteiger partial charge in [-0.3, -0.25) is 4.79 Å². The Morgan fingerprint density at radius 2 is 2.00 bits per heavy atom. The molecule has 1 N–H and O–H groups in total. The molecule has 1 aromatic carbocycles. The first-order valence-electron chi connectivity index (χ1n) is 7.54. The summed E-state index contributed by atoms with van der Waals surface area (Å²) in [4.78, 5) is 18.9. The van der Waals surface area contributed by atoms with E-state index in [2.05, 4.69) is 33.2 Å². The lowest BCUT2D eigenvalue weighted by Crippen LogP contribution is -2.51. The maximum atomic E-state index is 12.8. The number of piperazine rings is 1. The molecule has 1 aliphatic heterocycles. The van der Waals surface area contributed by atoms with Crippen molar-refractivity contribution in [3.63, 3.8) is 0 Å². The number of ether oxygens (including phenoxy) is 1. The number of rotatable bonds is 3. The van der Waals surface area contributed by atoms with Crippen LogP contribution in [0, 0.1) is 0 Å². The lowest BCUT2D eigenvalue weighted by Gasteiger charge is -2.32. The van der Waals surface area contributed by atoms with Crippen molar-refractivity contribution in [2.75, 3.05) is 19.6 Å². The molecule has 1 fully saturated rings. The summed E-state index contributed by atoms with van der Waals surface area (Å²) in [6, 6.07) is 11.2. The predicted octanol–water partition coefficient (Wildman–Crippen LogP) is 3.91. The maximum absolute atomic E-state index is 12.8. The highest BCUT2D eigenvalue weighted by atomic mass is 79.9. The minimum absolute atomic E-state index is 0. The Hall–Kier alpha value is -1.34. The molecule has 2 heterocycles. The first kappa shape index (κ1) is 21.7. The Morgan fingerprint density at radius 3 is 2.68 bits per heavy atom. The summed E-state index contributed by atoms with van der Waals surface area (Å²) in [5.41, 5.74) is 0.490. The molecule has 25 heavy (non-hydrogen) atoms. The van der Waals surface area contributed by atoms with Gasteiger partial charge in [-0.25, -0.2) is 4.98 Å². The molecule has 1 atom stereocenters. The van der Waals surface area contributed by atoms with Gasteiger partial charge in [0, 0.05) is 36.3 Å². The van der Waals surface area contributed by atoms with Crippen LogP contribution in [-0.2, 0) is 0 Å². The summed E-state index contributed by atoms with van der Waals surface area (Å²) in [7, 11) is 0. The van der Waals surface area contributed by atoms with Crippen molar-refractivity contribution in [1.29, 1.82) is 0 Å². The van der Waals surface area contributed by atoms with Crippen LogP contribution < -0.4 is 10.1 Å². The van der Waals surface area contributed by atoms with Gasteiger partial charge in [-0.05, 0) is 43.3 Å². The number of hydrogen-bond acceptors (Lipinski definition) is 4. The molecule has 1 amide bonds. The van der Waals surface area contributed by atoms with E-state index in [-0.39, 0.29) is 30.7 Å². The number of pyridine rings is 1. The van der Waals surface area contributed by atoms with Gasteiger partial charge in [-0.2, -0.15) is 0 Å². The Balaban J connectivity index is 0.00000156. The van der Waals surface area contributed by atoms with Crippen molar-refractivity contribution >= 4 is 46.7 Å². The highest BCUT2D eigenvalue weighted by Crippen LogP contribution is 2.25. The third-order valence-corrected chi connectivity index (χ3v) is 4.21. The standard InChI is InChI=1S/C17H18BrN3O2.2ClH/c1-12-11-21(10-9-19-12)17(22)15-3-2-8-20-16(15)23-14-6-4-13(18)5-7-14;;/h2-8,12,19H,9-11H2,1H3;2*1H. The first-order valence-corrected chi connectivity index (χ1v) is 8.34. The molecule has 1 saturated heterocycles. The molecule has 5 nitrogen and oxygen atoms in total. The van der Waals surface area contributed by atoms with E-state index < -0.39 is 0 Å². The highest BCUT2D eigenvalue weighted by Gasteiger charge is 2.24. The second-order valence-electron chi connectivity index (χ2n) is 5.52. The van der Waals surface area contributed by atoms with Gasteiger partial charge in [0.2, 0.25) is 5.88 Å². The van der Waals surface area contributed by atoms with Gasteiger partial charge in [0.15, 0.2) is 0 Å². The Kier molecular flexibility index (Phi) is 8.65. The van der Waals surface area contributed by atoms with E-state index in [1.54, 1.807) is 18.3 Å². The van der Waals surface area contributed by atoms with Crippen molar-refractivity contribution in [1.82, 2.24) is 15.2 Å². The molecule has 0 aliphatic carbocycles. The van der Waals surface area contributed by atoms with E-state index in [0.717, 1.165) is 11.0 Å². The summed E-state index contributed by atoms with van der Waals surface area (Å²) in [6.07, 6.45) is 1.63. The maximum Gasteiger partial charge on any atom is 0.259 e. The number of carbonyl (C=O) groups excluding carboxylic acids is 1. The minimum atomic E-state index is -0.0430. The number of hydrogen-bond donors (Lipinski definition) is 1. The number of nitrogens with one attached hydrogen (secondary N) is 1. The Bertz CT molecular complexity index is 701. The predicted molar refractivity (Wildman–Crippen MR) is 106 cm³/mol. The summed E-state index contributed by atoms with van der Waals surface area (Å²) < 4.78 is 6.78. The van der Waals surface area contributed by atoms with E-state index >= 15 is 0 Å². The van der Waals surface area contributed by atoms with Gasteiger partial charge in [-0.1, -0.05) is 15.9 Å². The fourth-order valence-electron chi connectivity index (χ4n) is 2.54. The molecule has 0 spiro atoms. The SMILES string of the molecule is CC1CN(C(=O)c2cccnc2Oc2ccc(Br)cc2)CCN1.Cl.Cl. The molecular formula is C17H20BrCl2N3O2. The average Bonchev–Trinajstić information content (AvgIpc) is 2.57. The van der Waals surface area contributed by atoms with Crippen molar-refractivity contribution < 1.29 is 9.53 Å². The molecule has 1 unspecified atom stereocenters. The van der Waals surface area contributed by atoms with Gasteiger partial charge < -0.3 is 15.0 Å². The van der Waals surface area contributed by atoms with E-state index in [4.69, 9.17) is 4.74 Å². The molecular weight excluding hydrogens is 429 g/mol. The minimum Gasteiger partial charge on any atom is -0.438 e. The van der Waals surface area contributed by atoms with Crippen LogP contribution >= 0.6 is 40.7 Å². The molecule has 1 aliphatic rings. The molecule has 0 saturated carbocycles. The lowest BCUT2D eigenvalue weighted by molar-refractivity contribution is 0.0705. The zero-order chi connectivity index (χ0) is 16.2. The van der Waals surface area contributed by atoms with Crippen molar-refractivity contribution in [2.45, 2.75) is 13.0 Å². The van der Waals surface area contributed by atoms with Gasteiger partial charge in [0.25, 0.3) is 5.91 Å². The largest absolute Gasteiger partial charge is 0.438 e. The molecule has 3 rings (SSSR count). The Morgan fingerprint density at radius 1 is 1.28 bits per heavy atom. The molecule has 8 heteroatoms. The van der Waals surface area contributed by atoms with Gasteiger partial charge in [0.05, 0.1) is 0 Å². The average molecular weight is 449 g/mol. The van der Waals surface area contributed by atoms with Crippen LogP contribution in [0.4, 0.5) is 0 Å². The second kappa shape index (κ2) is 9.97. The van der Waals surface area contributed by atoms with E-state index in [1.165, 1.54) is 0 Å². The van der Waals surface area contributed by atoms with Crippen molar-refractivity contribution in [2.24, 2.45) is 0 Å². The zero-order valence-electron chi connectivity index (χ0n) is 13.6. The van der Waals surface area contributed by atoms with Gasteiger partial charge in [-0.15, -0.1) is 24.8 Å². The van der Waals surface area contributed by atoms with Crippen LogP contribution in [0.25, 0.3) is 0 Å². The molecule has 1 aromatic heterocycles. The molecule has 0 radical (unpaired) electrons. The fourth-order valence-corrected chi connectivity index (χ4v) is 2.80. The number of amides is 1. The first-order chi connectivity index (χ1) is 11.1. The van der Waals surface area contributed by atoms with Crippen LogP contribution in [-0.4, -0.2) is 41.5 Å². The monoisotopic (exact) mass is 447 g/mol. The summed E-state index contributed by atoms with van der Waals surface area (Å²) in [6.45, 7) is 4.25. The van der Waals surface area contributed by atoms with Crippen LogP contribution in [0.3, 0.4) is 0 Å².